The summed E-state index contributed by atoms with van der Waals surface area (Å²) in [5.74, 6) is -0.0416. The monoisotopic (exact) mass is 364 g/mol. The van der Waals surface area contributed by atoms with E-state index in [1.807, 2.05) is 65.4 Å². The van der Waals surface area contributed by atoms with Gasteiger partial charge in [0.15, 0.2) is 0 Å². The number of hydrogen-bond acceptors (Lipinski definition) is 2. The Balaban J connectivity index is 1.38. The summed E-state index contributed by atoms with van der Waals surface area (Å²) in [6, 6.07) is 17.6. The number of benzene rings is 2. The number of aromatic amines is 1. The van der Waals surface area contributed by atoms with Gasteiger partial charge in [0.1, 0.15) is 6.54 Å². The van der Waals surface area contributed by atoms with Crippen molar-refractivity contribution in [2.45, 2.75) is 13.1 Å². The molecule has 0 fully saturated rings. The van der Waals surface area contributed by atoms with Gasteiger partial charge < -0.3 is 9.88 Å². The van der Waals surface area contributed by atoms with Gasteiger partial charge in [-0.3, -0.25) is 9.89 Å². The van der Waals surface area contributed by atoms with Crippen molar-refractivity contribution in [3.05, 3.63) is 77.6 Å². The molecule has 26 heavy (non-hydrogen) atoms. The van der Waals surface area contributed by atoms with E-state index >= 15 is 0 Å². The number of halogens is 1. The molecule has 130 valence electrons. The molecule has 1 amide bonds. The van der Waals surface area contributed by atoms with E-state index in [-0.39, 0.29) is 12.5 Å². The fourth-order valence-electron chi connectivity index (χ4n) is 2.93. The lowest BCUT2D eigenvalue weighted by Crippen LogP contribution is -2.26. The Hall–Kier alpha value is -3.05. The average molecular weight is 365 g/mol. The van der Waals surface area contributed by atoms with Crippen LogP contribution in [0.2, 0.25) is 5.02 Å². The van der Waals surface area contributed by atoms with Crippen LogP contribution in [-0.4, -0.2) is 20.7 Å². The van der Waals surface area contributed by atoms with Gasteiger partial charge in [0.25, 0.3) is 0 Å². The lowest BCUT2D eigenvalue weighted by atomic mass is 10.1. The summed E-state index contributed by atoms with van der Waals surface area (Å²) in [5, 5.41) is 11.6. The molecule has 2 heterocycles. The highest BCUT2D eigenvalue weighted by atomic mass is 35.5. The summed E-state index contributed by atoms with van der Waals surface area (Å²) < 4.78 is 1.90. The second-order valence-electron chi connectivity index (χ2n) is 6.09. The molecule has 4 rings (SSSR count). The van der Waals surface area contributed by atoms with Gasteiger partial charge in [0, 0.05) is 29.5 Å². The van der Waals surface area contributed by atoms with Crippen molar-refractivity contribution in [3.8, 4) is 11.3 Å². The standard InChI is InChI=1S/C20H17ClN4O/c21-17-6-5-16-8-10-25(19(16)11-17)13-20(26)22-12-14-1-3-15(4-2-14)18-7-9-23-24-18/h1-11H,12-13H2,(H,22,26)(H,23,24). The quantitative estimate of drug-likeness (QED) is 0.562. The number of carbonyl (C=O) groups excluding carboxylic acids is 1. The molecule has 0 unspecified atom stereocenters. The first kappa shape index (κ1) is 16.4. The van der Waals surface area contributed by atoms with Crippen LogP contribution in [0.1, 0.15) is 5.56 Å². The molecular formula is C20H17ClN4O. The van der Waals surface area contributed by atoms with Crippen LogP contribution in [0.3, 0.4) is 0 Å². The minimum absolute atomic E-state index is 0.0416. The van der Waals surface area contributed by atoms with Gasteiger partial charge in [0.05, 0.1) is 5.69 Å². The zero-order valence-corrected chi connectivity index (χ0v) is 14.7. The zero-order valence-electron chi connectivity index (χ0n) is 13.9. The molecule has 2 N–H and O–H groups in total. The Morgan fingerprint density at radius 2 is 1.96 bits per heavy atom. The SMILES string of the molecule is O=C(Cn1ccc2ccc(Cl)cc21)NCc1ccc(-c2ccn[nH]2)cc1. The highest BCUT2D eigenvalue weighted by Crippen LogP contribution is 2.20. The highest BCUT2D eigenvalue weighted by Gasteiger charge is 2.07. The maximum Gasteiger partial charge on any atom is 0.240 e. The number of aromatic nitrogens is 3. The summed E-state index contributed by atoms with van der Waals surface area (Å²) in [6.45, 7) is 0.748. The van der Waals surface area contributed by atoms with Crippen molar-refractivity contribution in [3.63, 3.8) is 0 Å². The lowest BCUT2D eigenvalue weighted by molar-refractivity contribution is -0.121. The minimum atomic E-state index is -0.0416. The number of nitrogens with one attached hydrogen (secondary N) is 2. The van der Waals surface area contributed by atoms with E-state index in [1.165, 1.54) is 0 Å². The summed E-state index contributed by atoms with van der Waals surface area (Å²) in [7, 11) is 0. The summed E-state index contributed by atoms with van der Waals surface area (Å²) >= 11 is 6.06. The number of amides is 1. The third-order valence-corrected chi connectivity index (χ3v) is 4.54. The molecule has 0 bridgehead atoms. The van der Waals surface area contributed by atoms with Gasteiger partial charge in [-0.2, -0.15) is 5.10 Å². The Kier molecular flexibility index (Phi) is 4.46. The Labute approximate surface area is 155 Å². The highest BCUT2D eigenvalue weighted by molar-refractivity contribution is 6.31. The molecule has 0 aliphatic rings. The largest absolute Gasteiger partial charge is 0.350 e. The van der Waals surface area contributed by atoms with Gasteiger partial charge >= 0.3 is 0 Å². The Bertz CT molecular complexity index is 1040. The van der Waals surface area contributed by atoms with Crippen molar-refractivity contribution >= 4 is 28.4 Å². The molecule has 0 atom stereocenters. The molecule has 0 saturated heterocycles. The predicted molar refractivity (Wildman–Crippen MR) is 103 cm³/mol. The first-order valence-corrected chi connectivity index (χ1v) is 8.66. The van der Waals surface area contributed by atoms with E-state index in [0.29, 0.717) is 11.6 Å². The number of nitrogens with zero attached hydrogens (tertiary/aromatic N) is 2. The second-order valence-corrected chi connectivity index (χ2v) is 6.53. The van der Waals surface area contributed by atoms with Gasteiger partial charge in [-0.1, -0.05) is 41.9 Å². The molecule has 0 saturated carbocycles. The van der Waals surface area contributed by atoms with Crippen LogP contribution in [-0.2, 0) is 17.9 Å². The molecule has 6 heteroatoms. The normalized spacial score (nSPS) is 11.0. The zero-order chi connectivity index (χ0) is 17.9. The third-order valence-electron chi connectivity index (χ3n) is 4.31. The van der Waals surface area contributed by atoms with Crippen molar-refractivity contribution in [1.82, 2.24) is 20.1 Å². The van der Waals surface area contributed by atoms with Crippen LogP contribution < -0.4 is 5.32 Å². The van der Waals surface area contributed by atoms with E-state index in [1.54, 1.807) is 6.20 Å². The van der Waals surface area contributed by atoms with Gasteiger partial charge in [-0.15, -0.1) is 0 Å². The molecule has 2 aromatic heterocycles. The summed E-state index contributed by atoms with van der Waals surface area (Å²) in [4.78, 5) is 12.3. The van der Waals surface area contributed by atoms with E-state index < -0.39 is 0 Å². The Morgan fingerprint density at radius 1 is 1.12 bits per heavy atom. The maximum atomic E-state index is 12.3. The number of carbonyl (C=O) groups is 1. The van der Waals surface area contributed by atoms with Crippen molar-refractivity contribution in [1.29, 1.82) is 0 Å². The van der Waals surface area contributed by atoms with E-state index in [4.69, 9.17) is 11.6 Å². The van der Waals surface area contributed by atoms with Gasteiger partial charge in [-0.25, -0.2) is 0 Å². The summed E-state index contributed by atoms with van der Waals surface area (Å²) in [6.07, 6.45) is 3.63. The van der Waals surface area contributed by atoms with E-state index in [9.17, 15) is 4.79 Å². The molecule has 2 aromatic carbocycles. The first-order valence-electron chi connectivity index (χ1n) is 8.29. The van der Waals surface area contributed by atoms with Crippen LogP contribution in [0.5, 0.6) is 0 Å². The topological polar surface area (TPSA) is 62.7 Å². The van der Waals surface area contributed by atoms with Crippen LogP contribution in [0.25, 0.3) is 22.2 Å². The van der Waals surface area contributed by atoms with Crippen LogP contribution in [0, 0.1) is 0 Å². The smallest absolute Gasteiger partial charge is 0.240 e. The Morgan fingerprint density at radius 3 is 2.73 bits per heavy atom. The average Bonchev–Trinajstić information content (AvgIpc) is 3.31. The minimum Gasteiger partial charge on any atom is -0.350 e. The van der Waals surface area contributed by atoms with Crippen LogP contribution in [0.15, 0.2) is 67.0 Å². The predicted octanol–water partition coefficient (Wildman–Crippen LogP) is 4.00. The molecule has 0 radical (unpaired) electrons. The third kappa shape index (κ3) is 3.48. The van der Waals surface area contributed by atoms with E-state index in [2.05, 4.69) is 15.5 Å². The molecule has 0 aliphatic carbocycles. The van der Waals surface area contributed by atoms with Crippen molar-refractivity contribution in [2.75, 3.05) is 0 Å². The van der Waals surface area contributed by atoms with Crippen molar-refractivity contribution in [2.24, 2.45) is 0 Å². The summed E-state index contributed by atoms with van der Waals surface area (Å²) in [5.41, 5.74) is 4.03. The molecule has 4 aromatic rings. The molecule has 0 spiro atoms. The van der Waals surface area contributed by atoms with Crippen LogP contribution >= 0.6 is 11.6 Å². The number of rotatable bonds is 5. The molecule has 5 nitrogen and oxygen atoms in total. The molecular weight excluding hydrogens is 348 g/mol. The maximum absolute atomic E-state index is 12.3. The number of fused-ring (bicyclic) bond motifs is 1. The van der Waals surface area contributed by atoms with Crippen LogP contribution in [0.4, 0.5) is 0 Å². The fraction of sp³-hybridized carbons (Fsp3) is 0.100. The number of hydrogen-bond donors (Lipinski definition) is 2. The molecule has 0 aliphatic heterocycles. The van der Waals surface area contributed by atoms with Gasteiger partial charge in [0.2, 0.25) is 5.91 Å². The van der Waals surface area contributed by atoms with E-state index in [0.717, 1.165) is 27.7 Å². The van der Waals surface area contributed by atoms with Crippen molar-refractivity contribution < 1.29 is 4.79 Å². The number of H-pyrrole nitrogens is 1. The second kappa shape index (κ2) is 7.06. The lowest BCUT2D eigenvalue weighted by Gasteiger charge is -2.08. The fourth-order valence-corrected chi connectivity index (χ4v) is 3.09. The first-order chi connectivity index (χ1) is 12.7. The van der Waals surface area contributed by atoms with Gasteiger partial charge in [-0.05, 0) is 40.8 Å².